The van der Waals surface area contributed by atoms with Crippen molar-refractivity contribution in [1.82, 2.24) is 10.2 Å². The molecular formula is C13H27BN2O2. The zero-order valence-corrected chi connectivity index (χ0v) is 12.7. The maximum Gasteiger partial charge on any atom is 0.215 e. The third kappa shape index (κ3) is 6.79. The highest BCUT2D eigenvalue weighted by Gasteiger charge is 2.24. The number of hydrogen-bond acceptors (Lipinski definition) is 3. The van der Waals surface area contributed by atoms with Crippen molar-refractivity contribution < 1.29 is 9.59 Å². The lowest BCUT2D eigenvalue weighted by Gasteiger charge is -2.26. The van der Waals surface area contributed by atoms with Gasteiger partial charge < -0.3 is 10.2 Å². The van der Waals surface area contributed by atoms with Crippen molar-refractivity contribution in [3.8, 4) is 0 Å². The number of rotatable bonds is 7. The van der Waals surface area contributed by atoms with E-state index in [4.69, 9.17) is 0 Å². The molecule has 0 fully saturated rings. The monoisotopic (exact) mass is 254 g/mol. The second-order valence-electron chi connectivity index (χ2n) is 5.95. The number of nitrogens with zero attached hydrogens (tertiary/aromatic N) is 1. The number of carbonyl (C=O) groups excluding carboxylic acids is 2. The van der Waals surface area contributed by atoms with Gasteiger partial charge in [-0.05, 0) is 6.32 Å². The van der Waals surface area contributed by atoms with Gasteiger partial charge in [0.25, 0.3) is 0 Å². The average Bonchev–Trinajstić information content (AvgIpc) is 2.24. The Hall–Kier alpha value is -0.835. The Morgan fingerprint density at radius 1 is 1.28 bits per heavy atom. The number of ketones is 1. The van der Waals surface area contributed by atoms with Crippen LogP contribution in [-0.2, 0) is 9.59 Å². The molecule has 4 nitrogen and oxygen atoms in total. The van der Waals surface area contributed by atoms with Crippen molar-refractivity contribution in [2.45, 2.75) is 47.0 Å². The number of amides is 1. The van der Waals surface area contributed by atoms with E-state index in [-0.39, 0.29) is 18.2 Å². The fraction of sp³-hybridized carbons (Fsp3) is 0.846. The largest absolute Gasteiger partial charge is 0.335 e. The van der Waals surface area contributed by atoms with E-state index in [0.717, 1.165) is 6.54 Å². The molecule has 104 valence electrons. The van der Waals surface area contributed by atoms with E-state index in [9.17, 15) is 9.59 Å². The smallest absolute Gasteiger partial charge is 0.215 e. The first kappa shape index (κ1) is 17.2. The van der Waals surface area contributed by atoms with Gasteiger partial charge in [0.2, 0.25) is 5.91 Å². The molecule has 0 rings (SSSR count). The standard InChI is InChI=1S/C13H27BN2O2/c1-10(2)15-6-7-16(12(18)8-14)9-11(17)13(3,4)5/h10,15H,6-9,14H2,1-5H3. The summed E-state index contributed by atoms with van der Waals surface area (Å²) in [7, 11) is 1.83. The summed E-state index contributed by atoms with van der Waals surface area (Å²) in [5.41, 5.74) is -0.391. The Labute approximate surface area is 112 Å². The molecule has 18 heavy (non-hydrogen) atoms. The van der Waals surface area contributed by atoms with Crippen LogP contribution in [0.4, 0.5) is 0 Å². The molecule has 0 bridgehead atoms. The molecule has 0 aromatic rings. The maximum atomic E-state index is 12.0. The van der Waals surface area contributed by atoms with Gasteiger partial charge in [0.15, 0.2) is 5.78 Å². The van der Waals surface area contributed by atoms with Crippen LogP contribution in [0.5, 0.6) is 0 Å². The molecule has 0 aromatic carbocycles. The van der Waals surface area contributed by atoms with Crippen LogP contribution in [0.3, 0.4) is 0 Å². The molecule has 5 heteroatoms. The summed E-state index contributed by atoms with van der Waals surface area (Å²) in [5.74, 6) is 0.145. The normalized spacial score (nSPS) is 11.7. The summed E-state index contributed by atoms with van der Waals surface area (Å²) < 4.78 is 0. The molecule has 0 aromatic heterocycles. The fourth-order valence-electron chi connectivity index (χ4n) is 1.41. The third-order valence-corrected chi connectivity index (χ3v) is 2.76. The van der Waals surface area contributed by atoms with Gasteiger partial charge >= 0.3 is 0 Å². The highest BCUT2D eigenvalue weighted by molar-refractivity contribution is 6.19. The lowest BCUT2D eigenvalue weighted by molar-refractivity contribution is -0.136. The molecule has 0 aliphatic carbocycles. The van der Waals surface area contributed by atoms with Crippen molar-refractivity contribution in [2.75, 3.05) is 19.6 Å². The van der Waals surface area contributed by atoms with Crippen molar-refractivity contribution in [3.63, 3.8) is 0 Å². The molecule has 0 aliphatic heterocycles. The van der Waals surface area contributed by atoms with Crippen molar-refractivity contribution in [3.05, 3.63) is 0 Å². The quantitative estimate of drug-likeness (QED) is 0.672. The van der Waals surface area contributed by atoms with Crippen molar-refractivity contribution >= 4 is 19.5 Å². The van der Waals surface area contributed by atoms with Crippen LogP contribution < -0.4 is 5.32 Å². The summed E-state index contributed by atoms with van der Waals surface area (Å²) in [6.45, 7) is 11.3. The molecule has 0 atom stereocenters. The second kappa shape index (κ2) is 7.57. The minimum absolute atomic E-state index is 0.0400. The number of Topliss-reactive ketones (excluding diaryl/α,β-unsaturated/α-hetero) is 1. The molecule has 1 amide bonds. The predicted molar refractivity (Wildman–Crippen MR) is 77.5 cm³/mol. The zero-order valence-electron chi connectivity index (χ0n) is 12.7. The van der Waals surface area contributed by atoms with Crippen LogP contribution in [0.25, 0.3) is 0 Å². The molecule has 0 saturated heterocycles. The van der Waals surface area contributed by atoms with Crippen LogP contribution in [0.15, 0.2) is 0 Å². The third-order valence-electron chi connectivity index (χ3n) is 2.76. The van der Waals surface area contributed by atoms with Crippen molar-refractivity contribution in [1.29, 1.82) is 0 Å². The maximum absolute atomic E-state index is 12.0. The van der Waals surface area contributed by atoms with Gasteiger partial charge in [0.1, 0.15) is 7.85 Å². The van der Waals surface area contributed by atoms with Gasteiger partial charge in [-0.2, -0.15) is 0 Å². The fourth-order valence-corrected chi connectivity index (χ4v) is 1.41. The first-order chi connectivity index (χ1) is 8.18. The molecule has 0 spiro atoms. The zero-order chi connectivity index (χ0) is 14.3. The predicted octanol–water partition coefficient (Wildman–Crippen LogP) is 0.480. The highest BCUT2D eigenvalue weighted by Crippen LogP contribution is 2.15. The molecule has 0 radical (unpaired) electrons. The van der Waals surface area contributed by atoms with E-state index in [2.05, 4.69) is 19.2 Å². The van der Waals surface area contributed by atoms with E-state index in [1.54, 1.807) is 4.90 Å². The molecule has 0 aliphatic rings. The van der Waals surface area contributed by atoms with Gasteiger partial charge in [0, 0.05) is 24.5 Å². The SMILES string of the molecule is BCC(=O)N(CCNC(C)C)CC(=O)C(C)(C)C. The van der Waals surface area contributed by atoms with Gasteiger partial charge in [0.05, 0.1) is 6.54 Å². The van der Waals surface area contributed by atoms with Crippen LogP contribution in [0.2, 0.25) is 6.32 Å². The van der Waals surface area contributed by atoms with Crippen LogP contribution in [0.1, 0.15) is 34.6 Å². The van der Waals surface area contributed by atoms with Gasteiger partial charge in [-0.3, -0.25) is 9.59 Å². The van der Waals surface area contributed by atoms with Gasteiger partial charge in [-0.15, -0.1) is 0 Å². The number of nitrogens with one attached hydrogen (secondary N) is 1. The minimum atomic E-state index is -0.391. The Balaban J connectivity index is 4.42. The Bertz CT molecular complexity index is 285. The highest BCUT2D eigenvalue weighted by atomic mass is 16.2. The molecule has 0 saturated carbocycles. The topological polar surface area (TPSA) is 49.4 Å². The summed E-state index contributed by atoms with van der Waals surface area (Å²) >= 11 is 0. The van der Waals surface area contributed by atoms with Gasteiger partial charge in [-0.25, -0.2) is 0 Å². The van der Waals surface area contributed by atoms with Crippen molar-refractivity contribution in [2.24, 2.45) is 5.41 Å². The first-order valence-corrected chi connectivity index (χ1v) is 6.73. The van der Waals surface area contributed by atoms with Gasteiger partial charge in [-0.1, -0.05) is 34.6 Å². The van der Waals surface area contributed by atoms with E-state index in [1.165, 1.54) is 0 Å². The Kier molecular flexibility index (Phi) is 7.22. The number of carbonyl (C=O) groups is 2. The molecule has 0 heterocycles. The summed E-state index contributed by atoms with van der Waals surface area (Å²) in [4.78, 5) is 25.4. The lowest BCUT2D eigenvalue weighted by Crippen LogP contribution is -2.43. The molecular weight excluding hydrogens is 227 g/mol. The second-order valence-corrected chi connectivity index (χ2v) is 5.95. The lowest BCUT2D eigenvalue weighted by atomic mass is 9.90. The van der Waals surface area contributed by atoms with Crippen LogP contribution >= 0.6 is 0 Å². The first-order valence-electron chi connectivity index (χ1n) is 6.73. The minimum Gasteiger partial charge on any atom is -0.335 e. The van der Waals surface area contributed by atoms with E-state index in [1.807, 2.05) is 28.6 Å². The van der Waals surface area contributed by atoms with Crippen LogP contribution in [0, 0.1) is 5.41 Å². The average molecular weight is 254 g/mol. The van der Waals surface area contributed by atoms with E-state index >= 15 is 0 Å². The molecule has 0 unspecified atom stereocenters. The number of hydrogen-bond donors (Lipinski definition) is 1. The molecule has 1 N–H and O–H groups in total. The summed E-state index contributed by atoms with van der Waals surface area (Å²) in [5, 5.41) is 3.26. The van der Waals surface area contributed by atoms with E-state index in [0.29, 0.717) is 18.9 Å². The summed E-state index contributed by atoms with van der Waals surface area (Å²) in [6.07, 6.45) is 0.444. The Morgan fingerprint density at radius 3 is 2.22 bits per heavy atom. The Morgan fingerprint density at radius 2 is 1.83 bits per heavy atom. The summed E-state index contributed by atoms with van der Waals surface area (Å²) in [6, 6.07) is 0.391. The van der Waals surface area contributed by atoms with Crippen LogP contribution in [-0.4, -0.2) is 50.1 Å². The van der Waals surface area contributed by atoms with E-state index < -0.39 is 5.41 Å².